The van der Waals surface area contributed by atoms with E-state index in [4.69, 9.17) is 0 Å². The Kier molecular flexibility index (Phi) is 6.07. The van der Waals surface area contributed by atoms with E-state index in [1.54, 1.807) is 0 Å². The average Bonchev–Trinajstić information content (AvgIpc) is 3.53. The minimum Gasteiger partial charge on any atom is -0.0622 e. The molecule has 0 heteroatoms. The van der Waals surface area contributed by atoms with Gasteiger partial charge >= 0.3 is 0 Å². The van der Waals surface area contributed by atoms with Gasteiger partial charge in [-0.25, -0.2) is 0 Å². The molecular weight excluding hydrogens is 601 g/mol. The third-order valence-electron chi connectivity index (χ3n) is 11.9. The predicted molar refractivity (Wildman–Crippen MR) is 213 cm³/mol. The third kappa shape index (κ3) is 3.94. The molecule has 0 radical (unpaired) electrons. The summed E-state index contributed by atoms with van der Waals surface area (Å²) in [6.45, 7) is 9.57. The average molecular weight is 639 g/mol. The molecule has 0 aromatic heterocycles. The van der Waals surface area contributed by atoms with Gasteiger partial charge in [0, 0.05) is 10.8 Å². The summed E-state index contributed by atoms with van der Waals surface area (Å²) in [7, 11) is 0. The van der Waals surface area contributed by atoms with Crippen LogP contribution in [0.25, 0.3) is 77.2 Å². The molecule has 0 saturated heterocycles. The molecule has 0 N–H and O–H groups in total. The maximum Gasteiger partial charge on any atom is 0.0159 e. The highest BCUT2D eigenvalue weighted by Gasteiger charge is 2.43. The molecule has 0 spiro atoms. The van der Waals surface area contributed by atoms with Gasteiger partial charge in [0.1, 0.15) is 0 Å². The Morgan fingerprint density at radius 3 is 1.38 bits per heavy atom. The number of hydrogen-bond acceptors (Lipinski definition) is 0. The zero-order chi connectivity index (χ0) is 33.8. The molecule has 0 fully saturated rings. The lowest BCUT2D eigenvalue weighted by atomic mass is 9.79. The lowest BCUT2D eigenvalue weighted by Crippen LogP contribution is -2.17. The lowest BCUT2D eigenvalue weighted by molar-refractivity contribution is 0.651. The molecule has 0 nitrogen and oxygen atoms in total. The molecule has 0 bridgehead atoms. The quantitative estimate of drug-likeness (QED) is 0.169. The first-order valence-electron chi connectivity index (χ1n) is 17.9. The molecule has 0 saturated carbocycles. The number of fused-ring (bicyclic) bond motifs is 9. The van der Waals surface area contributed by atoms with Crippen LogP contribution in [0.15, 0.2) is 158 Å². The third-order valence-corrected chi connectivity index (χ3v) is 11.9. The van der Waals surface area contributed by atoms with Crippen LogP contribution in [0.1, 0.15) is 49.9 Å². The first-order chi connectivity index (χ1) is 24.3. The molecule has 10 rings (SSSR count). The monoisotopic (exact) mass is 638 g/mol. The smallest absolute Gasteiger partial charge is 0.0159 e. The zero-order valence-electron chi connectivity index (χ0n) is 29.0. The number of rotatable bonds is 3. The second-order valence-corrected chi connectivity index (χ2v) is 15.3. The molecule has 0 heterocycles. The highest BCUT2D eigenvalue weighted by molar-refractivity contribution is 6.21. The van der Waals surface area contributed by atoms with Crippen LogP contribution in [0.3, 0.4) is 0 Å². The minimum absolute atomic E-state index is 0.0120. The summed E-state index contributed by atoms with van der Waals surface area (Å²) >= 11 is 0. The Labute approximate surface area is 294 Å². The first-order valence-corrected chi connectivity index (χ1v) is 17.9. The van der Waals surface area contributed by atoms with Crippen molar-refractivity contribution in [3.05, 3.63) is 180 Å². The van der Waals surface area contributed by atoms with Crippen molar-refractivity contribution in [2.24, 2.45) is 0 Å². The van der Waals surface area contributed by atoms with Crippen LogP contribution in [-0.2, 0) is 10.8 Å². The van der Waals surface area contributed by atoms with E-state index in [0.29, 0.717) is 0 Å². The summed E-state index contributed by atoms with van der Waals surface area (Å²) in [6.07, 6.45) is 0. The molecule has 2 aliphatic rings. The van der Waals surface area contributed by atoms with Crippen molar-refractivity contribution in [2.45, 2.75) is 38.5 Å². The van der Waals surface area contributed by atoms with Crippen molar-refractivity contribution in [3.8, 4) is 55.6 Å². The van der Waals surface area contributed by atoms with Gasteiger partial charge in [0.05, 0.1) is 0 Å². The van der Waals surface area contributed by atoms with Crippen molar-refractivity contribution in [1.82, 2.24) is 0 Å². The standard InChI is InChI=1S/C50H38/c1-49(2)41-24-13-12-23-39(41)47-42(49)27-28-43-48(47)40-26-25-33(30-44(40)50(43,3)4)32-17-14-18-34(29-32)46-37-21-10-8-19-35(37)45(31-15-6-5-7-16-31)36-20-9-11-22-38(36)46/h5-30H,1-4H3. The van der Waals surface area contributed by atoms with E-state index in [2.05, 4.69) is 185 Å². The van der Waals surface area contributed by atoms with Gasteiger partial charge in [0.2, 0.25) is 0 Å². The highest BCUT2D eigenvalue weighted by Crippen LogP contribution is 2.59. The van der Waals surface area contributed by atoms with Gasteiger partial charge in [-0.3, -0.25) is 0 Å². The molecule has 50 heavy (non-hydrogen) atoms. The van der Waals surface area contributed by atoms with Gasteiger partial charge in [-0.1, -0.05) is 173 Å². The molecule has 0 atom stereocenters. The van der Waals surface area contributed by atoms with E-state index in [1.807, 2.05) is 0 Å². The van der Waals surface area contributed by atoms with Gasteiger partial charge in [-0.15, -0.1) is 0 Å². The van der Waals surface area contributed by atoms with E-state index < -0.39 is 0 Å². The van der Waals surface area contributed by atoms with Crippen molar-refractivity contribution in [2.75, 3.05) is 0 Å². The lowest BCUT2D eigenvalue weighted by Gasteiger charge is -2.24. The summed E-state index contributed by atoms with van der Waals surface area (Å²) in [5, 5.41) is 5.13. The summed E-state index contributed by atoms with van der Waals surface area (Å²) < 4.78 is 0. The maximum absolute atomic E-state index is 2.47. The molecule has 238 valence electrons. The molecule has 8 aromatic carbocycles. The van der Waals surface area contributed by atoms with E-state index in [9.17, 15) is 0 Å². The largest absolute Gasteiger partial charge is 0.0622 e. The van der Waals surface area contributed by atoms with Crippen LogP contribution < -0.4 is 0 Å². The Hall–Kier alpha value is -5.72. The van der Waals surface area contributed by atoms with Crippen molar-refractivity contribution >= 4 is 21.5 Å². The van der Waals surface area contributed by atoms with Crippen LogP contribution in [0, 0.1) is 0 Å². The Balaban J connectivity index is 1.15. The summed E-state index contributed by atoms with van der Waals surface area (Å²) in [5.41, 5.74) is 18.8. The first kappa shape index (κ1) is 29.2. The fraction of sp³-hybridized carbons (Fsp3) is 0.120. The summed E-state index contributed by atoms with van der Waals surface area (Å²) in [6, 6.07) is 59.0. The number of benzene rings is 8. The van der Waals surface area contributed by atoms with Gasteiger partial charge < -0.3 is 0 Å². The molecule has 0 aliphatic heterocycles. The van der Waals surface area contributed by atoms with Crippen molar-refractivity contribution < 1.29 is 0 Å². The second-order valence-electron chi connectivity index (χ2n) is 15.3. The fourth-order valence-electron chi connectivity index (χ4n) is 9.41. The molecule has 0 unspecified atom stereocenters. The van der Waals surface area contributed by atoms with Crippen molar-refractivity contribution in [1.29, 1.82) is 0 Å². The molecular formula is C50H38. The molecule has 2 aliphatic carbocycles. The Bertz CT molecular complexity index is 2630. The molecule has 0 amide bonds. The van der Waals surface area contributed by atoms with Crippen LogP contribution in [0.2, 0.25) is 0 Å². The van der Waals surface area contributed by atoms with Gasteiger partial charge in [0.25, 0.3) is 0 Å². The topological polar surface area (TPSA) is 0 Å². The van der Waals surface area contributed by atoms with Gasteiger partial charge in [-0.05, 0) is 112 Å². The van der Waals surface area contributed by atoms with Crippen LogP contribution in [-0.4, -0.2) is 0 Å². The van der Waals surface area contributed by atoms with Gasteiger partial charge in [0.15, 0.2) is 0 Å². The Morgan fingerprint density at radius 2 is 0.740 bits per heavy atom. The van der Waals surface area contributed by atoms with Crippen molar-refractivity contribution in [3.63, 3.8) is 0 Å². The van der Waals surface area contributed by atoms with E-state index in [-0.39, 0.29) is 10.8 Å². The SMILES string of the molecule is CC1(C)c2ccccc2-c2c1ccc1c2-c2ccc(-c3cccc(-c4c5ccccc5c(-c5ccccc5)c5ccccc45)c3)cc2C1(C)C. The second kappa shape index (κ2) is 10.4. The van der Waals surface area contributed by atoms with Crippen LogP contribution >= 0.6 is 0 Å². The van der Waals surface area contributed by atoms with Gasteiger partial charge in [-0.2, -0.15) is 0 Å². The van der Waals surface area contributed by atoms with E-state index in [0.717, 1.165) is 0 Å². The summed E-state index contributed by atoms with van der Waals surface area (Å²) in [5.74, 6) is 0. The number of hydrogen-bond donors (Lipinski definition) is 0. The molecule has 8 aromatic rings. The zero-order valence-corrected chi connectivity index (χ0v) is 29.0. The minimum atomic E-state index is -0.103. The van der Waals surface area contributed by atoms with Crippen LogP contribution in [0.4, 0.5) is 0 Å². The highest BCUT2D eigenvalue weighted by atomic mass is 14.5. The van der Waals surface area contributed by atoms with E-state index in [1.165, 1.54) is 99.4 Å². The van der Waals surface area contributed by atoms with Crippen LogP contribution in [0.5, 0.6) is 0 Å². The Morgan fingerprint density at radius 1 is 0.280 bits per heavy atom. The maximum atomic E-state index is 2.47. The fourth-order valence-corrected chi connectivity index (χ4v) is 9.41. The summed E-state index contributed by atoms with van der Waals surface area (Å²) in [4.78, 5) is 0. The normalized spacial score (nSPS) is 14.7. The van der Waals surface area contributed by atoms with E-state index >= 15 is 0 Å². The predicted octanol–water partition coefficient (Wildman–Crippen LogP) is 13.6.